The van der Waals surface area contributed by atoms with Crippen LogP contribution >= 0.6 is 0 Å². The van der Waals surface area contributed by atoms with E-state index < -0.39 is 0 Å². The number of piperazine rings is 1. The predicted octanol–water partition coefficient (Wildman–Crippen LogP) is 2.29. The topological polar surface area (TPSA) is 43.8 Å². The molecule has 1 N–H and O–H groups in total. The maximum atomic E-state index is 4.45. The van der Waals surface area contributed by atoms with Crippen LogP contribution in [0.5, 0.6) is 0 Å². The zero-order valence-electron chi connectivity index (χ0n) is 14.4. The molecule has 0 atom stereocenters. The van der Waals surface area contributed by atoms with Gasteiger partial charge in [-0.25, -0.2) is 4.98 Å². The first-order valence-corrected chi connectivity index (χ1v) is 8.44. The lowest BCUT2D eigenvalue weighted by Crippen LogP contribution is -2.52. The molecule has 5 heteroatoms. The van der Waals surface area contributed by atoms with Crippen molar-refractivity contribution in [2.24, 2.45) is 4.99 Å². The van der Waals surface area contributed by atoms with Crippen LogP contribution in [0.2, 0.25) is 0 Å². The van der Waals surface area contributed by atoms with Gasteiger partial charge in [-0.3, -0.25) is 4.99 Å². The van der Waals surface area contributed by atoms with Crippen molar-refractivity contribution in [1.82, 2.24) is 15.2 Å². The van der Waals surface area contributed by atoms with Crippen LogP contribution in [-0.4, -0.2) is 49.1 Å². The fraction of sp³-hybridized carbons (Fsp3) is 0.368. The van der Waals surface area contributed by atoms with Crippen LogP contribution in [0.15, 0.2) is 53.7 Å². The summed E-state index contributed by atoms with van der Waals surface area (Å²) in [5.41, 5.74) is 2.62. The van der Waals surface area contributed by atoms with Gasteiger partial charge in [-0.05, 0) is 30.2 Å². The summed E-state index contributed by atoms with van der Waals surface area (Å²) >= 11 is 0. The second kappa shape index (κ2) is 7.81. The Balaban J connectivity index is 1.55. The summed E-state index contributed by atoms with van der Waals surface area (Å²) in [6.45, 7) is 6.77. The zero-order valence-corrected chi connectivity index (χ0v) is 14.4. The van der Waals surface area contributed by atoms with E-state index in [2.05, 4.69) is 62.3 Å². The number of nitrogens with zero attached hydrogens (tertiary/aromatic N) is 4. The predicted molar refractivity (Wildman–Crippen MR) is 99.4 cm³/mol. The van der Waals surface area contributed by atoms with E-state index in [9.17, 15) is 0 Å². The van der Waals surface area contributed by atoms with Gasteiger partial charge in [-0.15, -0.1) is 0 Å². The molecular weight excluding hydrogens is 298 g/mol. The lowest BCUT2D eigenvalue weighted by atomic mass is 10.1. The number of anilines is 1. The number of pyridine rings is 1. The molecule has 24 heavy (non-hydrogen) atoms. The van der Waals surface area contributed by atoms with Gasteiger partial charge in [0.05, 0.1) is 0 Å². The molecule has 5 nitrogen and oxygen atoms in total. The molecule has 3 rings (SSSR count). The summed E-state index contributed by atoms with van der Waals surface area (Å²) in [6, 6.07) is 14.5. The number of aromatic nitrogens is 1. The van der Waals surface area contributed by atoms with E-state index in [1.807, 2.05) is 25.4 Å². The van der Waals surface area contributed by atoms with Crippen LogP contribution in [0, 0.1) is 6.92 Å². The number of benzene rings is 1. The van der Waals surface area contributed by atoms with E-state index >= 15 is 0 Å². The van der Waals surface area contributed by atoms with E-state index in [0.717, 1.165) is 44.5 Å². The molecule has 1 aromatic heterocycles. The molecule has 0 bridgehead atoms. The number of aryl methyl sites for hydroxylation is 1. The Labute approximate surface area is 144 Å². The zero-order chi connectivity index (χ0) is 16.8. The van der Waals surface area contributed by atoms with Gasteiger partial charge in [0.15, 0.2) is 5.96 Å². The minimum absolute atomic E-state index is 0.805. The molecular formula is C19H25N5. The molecule has 1 saturated heterocycles. The van der Waals surface area contributed by atoms with Crippen LogP contribution in [-0.2, 0) is 6.54 Å². The lowest BCUT2D eigenvalue weighted by molar-refractivity contribution is 0.371. The average Bonchev–Trinajstić information content (AvgIpc) is 2.65. The second-order valence-corrected chi connectivity index (χ2v) is 5.99. The van der Waals surface area contributed by atoms with Gasteiger partial charge in [0.25, 0.3) is 0 Å². The SMILES string of the molecule is CN=C(NCc1ccccc1C)N1CCN(c2ccccn2)CC1. The third-order valence-corrected chi connectivity index (χ3v) is 4.46. The van der Waals surface area contributed by atoms with E-state index in [1.54, 1.807) is 0 Å². The van der Waals surface area contributed by atoms with Crippen molar-refractivity contribution in [1.29, 1.82) is 0 Å². The van der Waals surface area contributed by atoms with E-state index in [4.69, 9.17) is 0 Å². The third-order valence-electron chi connectivity index (χ3n) is 4.46. The molecule has 0 unspecified atom stereocenters. The van der Waals surface area contributed by atoms with Crippen molar-refractivity contribution in [2.75, 3.05) is 38.1 Å². The Morgan fingerprint density at radius 3 is 2.50 bits per heavy atom. The summed E-state index contributed by atoms with van der Waals surface area (Å²) in [7, 11) is 1.85. The number of hydrogen-bond acceptors (Lipinski definition) is 3. The summed E-state index contributed by atoms with van der Waals surface area (Å²) in [5, 5.41) is 3.49. The minimum atomic E-state index is 0.805. The maximum Gasteiger partial charge on any atom is 0.194 e. The fourth-order valence-electron chi connectivity index (χ4n) is 3.00. The van der Waals surface area contributed by atoms with Gasteiger partial charge in [-0.1, -0.05) is 30.3 Å². The average molecular weight is 323 g/mol. The monoisotopic (exact) mass is 323 g/mol. The molecule has 2 heterocycles. The molecule has 0 spiro atoms. The number of guanidine groups is 1. The first kappa shape index (κ1) is 16.3. The summed E-state index contributed by atoms with van der Waals surface area (Å²) in [5.74, 6) is 2.03. The standard InChI is InChI=1S/C19H25N5/c1-16-7-3-4-8-17(16)15-22-19(20-2)24-13-11-23(12-14-24)18-9-5-6-10-21-18/h3-10H,11-15H2,1-2H3,(H,20,22). The normalized spacial score (nSPS) is 15.5. The molecule has 0 amide bonds. The third kappa shape index (κ3) is 3.85. The Bertz CT molecular complexity index is 675. The van der Waals surface area contributed by atoms with Crippen molar-refractivity contribution in [2.45, 2.75) is 13.5 Å². The smallest absolute Gasteiger partial charge is 0.194 e. The highest BCUT2D eigenvalue weighted by Crippen LogP contribution is 2.13. The first-order valence-electron chi connectivity index (χ1n) is 8.44. The van der Waals surface area contributed by atoms with Gasteiger partial charge >= 0.3 is 0 Å². The van der Waals surface area contributed by atoms with Gasteiger partial charge in [0.1, 0.15) is 5.82 Å². The highest BCUT2D eigenvalue weighted by Gasteiger charge is 2.20. The van der Waals surface area contributed by atoms with Gasteiger partial charge in [0.2, 0.25) is 0 Å². The number of nitrogens with one attached hydrogen (secondary N) is 1. The summed E-state index contributed by atoms with van der Waals surface area (Å²) < 4.78 is 0. The molecule has 2 aromatic rings. The van der Waals surface area contributed by atoms with E-state index in [0.29, 0.717) is 0 Å². The molecule has 0 aliphatic carbocycles. The van der Waals surface area contributed by atoms with Crippen LogP contribution in [0.25, 0.3) is 0 Å². The number of aliphatic imine (C=N–C) groups is 1. The lowest BCUT2D eigenvalue weighted by Gasteiger charge is -2.37. The van der Waals surface area contributed by atoms with Crippen molar-refractivity contribution in [3.8, 4) is 0 Å². The Hall–Kier alpha value is -2.56. The molecule has 1 fully saturated rings. The van der Waals surface area contributed by atoms with E-state index in [1.165, 1.54) is 11.1 Å². The van der Waals surface area contributed by atoms with Crippen LogP contribution < -0.4 is 10.2 Å². The minimum Gasteiger partial charge on any atom is -0.353 e. The molecule has 1 aromatic carbocycles. The first-order chi connectivity index (χ1) is 11.8. The van der Waals surface area contributed by atoms with Crippen LogP contribution in [0.4, 0.5) is 5.82 Å². The largest absolute Gasteiger partial charge is 0.353 e. The summed E-state index contributed by atoms with van der Waals surface area (Å²) in [4.78, 5) is 13.5. The Morgan fingerprint density at radius 1 is 1.08 bits per heavy atom. The van der Waals surface area contributed by atoms with Gasteiger partial charge < -0.3 is 15.1 Å². The van der Waals surface area contributed by atoms with Crippen molar-refractivity contribution in [3.63, 3.8) is 0 Å². The number of hydrogen-bond donors (Lipinski definition) is 1. The molecule has 0 radical (unpaired) electrons. The highest BCUT2D eigenvalue weighted by molar-refractivity contribution is 5.80. The summed E-state index contributed by atoms with van der Waals surface area (Å²) in [6.07, 6.45) is 1.85. The number of rotatable bonds is 3. The van der Waals surface area contributed by atoms with Gasteiger partial charge in [0, 0.05) is 46.0 Å². The quantitative estimate of drug-likeness (QED) is 0.695. The molecule has 0 saturated carbocycles. The molecule has 1 aliphatic rings. The molecule has 126 valence electrons. The van der Waals surface area contributed by atoms with E-state index in [-0.39, 0.29) is 0 Å². The van der Waals surface area contributed by atoms with Crippen LogP contribution in [0.1, 0.15) is 11.1 Å². The fourth-order valence-corrected chi connectivity index (χ4v) is 3.00. The Kier molecular flexibility index (Phi) is 5.31. The Morgan fingerprint density at radius 2 is 1.83 bits per heavy atom. The van der Waals surface area contributed by atoms with Crippen LogP contribution in [0.3, 0.4) is 0 Å². The van der Waals surface area contributed by atoms with Gasteiger partial charge in [-0.2, -0.15) is 0 Å². The maximum absolute atomic E-state index is 4.45. The van der Waals surface area contributed by atoms with Crippen molar-refractivity contribution in [3.05, 3.63) is 59.8 Å². The molecule has 1 aliphatic heterocycles. The van der Waals surface area contributed by atoms with Crippen molar-refractivity contribution < 1.29 is 0 Å². The highest BCUT2D eigenvalue weighted by atomic mass is 15.4. The van der Waals surface area contributed by atoms with Crippen molar-refractivity contribution >= 4 is 11.8 Å². The second-order valence-electron chi connectivity index (χ2n) is 5.99.